The molecule has 20 heavy (non-hydrogen) atoms. The van der Waals surface area contributed by atoms with E-state index < -0.39 is 0 Å². The summed E-state index contributed by atoms with van der Waals surface area (Å²) in [6, 6.07) is 17.8. The van der Waals surface area contributed by atoms with Crippen molar-refractivity contribution in [3.63, 3.8) is 0 Å². The van der Waals surface area contributed by atoms with Gasteiger partial charge in [0.25, 0.3) is 0 Å². The number of benzene rings is 2. The number of aliphatic imine (C=N–C) groups is 1. The Balaban J connectivity index is 1.85. The Kier molecular flexibility index (Phi) is 3.48. The van der Waals surface area contributed by atoms with Gasteiger partial charge in [0.1, 0.15) is 6.17 Å². The van der Waals surface area contributed by atoms with Gasteiger partial charge in [0.2, 0.25) is 0 Å². The minimum absolute atomic E-state index is 0.209. The first-order valence-corrected chi connectivity index (χ1v) is 6.44. The fourth-order valence-corrected chi connectivity index (χ4v) is 2.16. The SMILES string of the molecule is ONC1=NC(C=Cc2ccccc2)Nc2ccccc21. The summed E-state index contributed by atoms with van der Waals surface area (Å²) in [7, 11) is 0. The monoisotopic (exact) mass is 265 g/mol. The van der Waals surface area contributed by atoms with Crippen LogP contribution in [-0.2, 0) is 0 Å². The largest absolute Gasteiger partial charge is 0.360 e. The second-order valence-corrected chi connectivity index (χ2v) is 4.49. The highest BCUT2D eigenvalue weighted by atomic mass is 16.5. The average molecular weight is 265 g/mol. The van der Waals surface area contributed by atoms with E-state index in [1.807, 2.05) is 66.7 Å². The van der Waals surface area contributed by atoms with Gasteiger partial charge in [-0.3, -0.25) is 10.7 Å². The molecule has 0 saturated heterocycles. The van der Waals surface area contributed by atoms with Gasteiger partial charge >= 0.3 is 0 Å². The van der Waals surface area contributed by atoms with Gasteiger partial charge in [-0.1, -0.05) is 48.5 Å². The highest BCUT2D eigenvalue weighted by Crippen LogP contribution is 2.21. The molecule has 0 aliphatic carbocycles. The molecule has 4 heteroatoms. The van der Waals surface area contributed by atoms with Crippen molar-refractivity contribution >= 4 is 17.6 Å². The molecule has 0 bridgehead atoms. The average Bonchev–Trinajstić information content (AvgIpc) is 2.53. The van der Waals surface area contributed by atoms with Gasteiger partial charge in [-0.2, -0.15) is 0 Å². The quantitative estimate of drug-likeness (QED) is 0.732. The zero-order valence-electron chi connectivity index (χ0n) is 10.8. The lowest BCUT2D eigenvalue weighted by atomic mass is 10.1. The maximum atomic E-state index is 9.21. The van der Waals surface area contributed by atoms with Crippen molar-refractivity contribution < 1.29 is 5.21 Å². The molecule has 0 saturated carbocycles. The second-order valence-electron chi connectivity index (χ2n) is 4.49. The highest BCUT2D eigenvalue weighted by Gasteiger charge is 2.17. The van der Waals surface area contributed by atoms with E-state index in [-0.39, 0.29) is 6.17 Å². The summed E-state index contributed by atoms with van der Waals surface area (Å²) in [5.41, 5.74) is 5.08. The van der Waals surface area contributed by atoms with Gasteiger partial charge in [-0.05, 0) is 23.8 Å². The zero-order valence-corrected chi connectivity index (χ0v) is 10.8. The number of rotatable bonds is 2. The molecule has 0 radical (unpaired) electrons. The van der Waals surface area contributed by atoms with E-state index in [4.69, 9.17) is 0 Å². The molecule has 2 aromatic carbocycles. The van der Waals surface area contributed by atoms with Crippen molar-refractivity contribution in [1.29, 1.82) is 0 Å². The Morgan fingerprint density at radius 2 is 1.80 bits per heavy atom. The first-order valence-electron chi connectivity index (χ1n) is 6.44. The van der Waals surface area contributed by atoms with E-state index in [0.29, 0.717) is 5.84 Å². The number of anilines is 1. The summed E-state index contributed by atoms with van der Waals surface area (Å²) in [6.45, 7) is 0. The smallest absolute Gasteiger partial charge is 0.156 e. The maximum absolute atomic E-state index is 9.21. The van der Waals surface area contributed by atoms with Crippen LogP contribution < -0.4 is 10.8 Å². The van der Waals surface area contributed by atoms with Crippen molar-refractivity contribution in [2.75, 3.05) is 5.32 Å². The molecular weight excluding hydrogens is 250 g/mol. The first kappa shape index (κ1) is 12.4. The molecule has 0 amide bonds. The highest BCUT2D eigenvalue weighted by molar-refractivity contribution is 6.04. The number of hydroxylamine groups is 1. The van der Waals surface area contributed by atoms with Crippen molar-refractivity contribution in [2.24, 2.45) is 4.99 Å². The third kappa shape index (κ3) is 2.55. The second kappa shape index (κ2) is 5.59. The molecule has 1 atom stereocenters. The van der Waals surface area contributed by atoms with Crippen molar-refractivity contribution in [2.45, 2.75) is 6.17 Å². The van der Waals surface area contributed by atoms with Gasteiger partial charge in [-0.15, -0.1) is 0 Å². The molecule has 3 N–H and O–H groups in total. The molecule has 0 spiro atoms. The molecule has 2 aromatic rings. The van der Waals surface area contributed by atoms with Crippen molar-refractivity contribution in [3.8, 4) is 0 Å². The predicted molar refractivity (Wildman–Crippen MR) is 80.8 cm³/mol. The van der Waals surface area contributed by atoms with Gasteiger partial charge < -0.3 is 5.32 Å². The van der Waals surface area contributed by atoms with E-state index in [0.717, 1.165) is 16.8 Å². The van der Waals surface area contributed by atoms with Crippen LogP contribution >= 0.6 is 0 Å². The fraction of sp³-hybridized carbons (Fsp3) is 0.0625. The maximum Gasteiger partial charge on any atom is 0.156 e. The summed E-state index contributed by atoms with van der Waals surface area (Å²) in [5.74, 6) is 0.474. The zero-order chi connectivity index (χ0) is 13.8. The summed E-state index contributed by atoms with van der Waals surface area (Å²) >= 11 is 0. The Bertz CT molecular complexity index is 650. The van der Waals surface area contributed by atoms with Gasteiger partial charge in [-0.25, -0.2) is 4.99 Å². The van der Waals surface area contributed by atoms with Crippen LogP contribution in [0.4, 0.5) is 5.69 Å². The Morgan fingerprint density at radius 3 is 2.60 bits per heavy atom. The van der Waals surface area contributed by atoms with Crippen LogP contribution in [0.3, 0.4) is 0 Å². The molecule has 1 unspecified atom stereocenters. The van der Waals surface area contributed by atoms with E-state index in [1.54, 1.807) is 0 Å². The number of nitrogens with zero attached hydrogens (tertiary/aromatic N) is 1. The standard InChI is InChI=1S/C16H15N3O/c20-19-16-13-8-4-5-9-14(13)17-15(18-16)11-10-12-6-2-1-3-7-12/h1-11,15,17,20H,(H,18,19). The minimum atomic E-state index is -0.209. The van der Waals surface area contributed by atoms with E-state index in [9.17, 15) is 5.21 Å². The summed E-state index contributed by atoms with van der Waals surface area (Å²) in [6.07, 6.45) is 3.76. The Morgan fingerprint density at radius 1 is 1.05 bits per heavy atom. The molecule has 1 aliphatic heterocycles. The third-order valence-electron chi connectivity index (χ3n) is 3.13. The van der Waals surface area contributed by atoms with E-state index >= 15 is 0 Å². The Labute approximate surface area is 117 Å². The third-order valence-corrected chi connectivity index (χ3v) is 3.13. The topological polar surface area (TPSA) is 56.6 Å². The summed E-state index contributed by atoms with van der Waals surface area (Å²) in [5, 5.41) is 12.5. The number of nitrogens with one attached hydrogen (secondary N) is 2. The summed E-state index contributed by atoms with van der Waals surface area (Å²) < 4.78 is 0. The lowest BCUT2D eigenvalue weighted by molar-refractivity contribution is 0.234. The van der Waals surface area contributed by atoms with Crippen molar-refractivity contribution in [3.05, 3.63) is 71.8 Å². The first-order chi connectivity index (χ1) is 9.86. The minimum Gasteiger partial charge on any atom is -0.360 e. The molecule has 100 valence electrons. The van der Waals surface area contributed by atoms with Crippen LogP contribution in [0, 0.1) is 0 Å². The number of fused-ring (bicyclic) bond motifs is 1. The number of para-hydroxylation sites is 1. The van der Waals surface area contributed by atoms with Crippen LogP contribution in [-0.4, -0.2) is 17.2 Å². The Hall–Kier alpha value is -2.59. The van der Waals surface area contributed by atoms with Crippen LogP contribution in [0.25, 0.3) is 6.08 Å². The van der Waals surface area contributed by atoms with E-state index in [1.165, 1.54) is 0 Å². The van der Waals surface area contributed by atoms with Crippen LogP contribution in [0.15, 0.2) is 65.7 Å². The van der Waals surface area contributed by atoms with Gasteiger partial charge in [0.05, 0.1) is 0 Å². The van der Waals surface area contributed by atoms with Crippen molar-refractivity contribution in [1.82, 2.24) is 5.48 Å². The van der Waals surface area contributed by atoms with Crippen LogP contribution in [0.5, 0.6) is 0 Å². The van der Waals surface area contributed by atoms with Crippen LogP contribution in [0.1, 0.15) is 11.1 Å². The van der Waals surface area contributed by atoms with Gasteiger partial charge in [0.15, 0.2) is 5.84 Å². The predicted octanol–water partition coefficient (Wildman–Crippen LogP) is 2.88. The number of hydrogen-bond donors (Lipinski definition) is 3. The van der Waals surface area contributed by atoms with E-state index in [2.05, 4.69) is 15.8 Å². The molecule has 3 rings (SSSR count). The molecule has 0 aromatic heterocycles. The van der Waals surface area contributed by atoms with Crippen LogP contribution in [0.2, 0.25) is 0 Å². The molecule has 4 nitrogen and oxygen atoms in total. The summed E-state index contributed by atoms with van der Waals surface area (Å²) in [4.78, 5) is 4.41. The number of amidine groups is 1. The molecule has 1 heterocycles. The number of hydrogen-bond acceptors (Lipinski definition) is 4. The van der Waals surface area contributed by atoms with Gasteiger partial charge in [0, 0.05) is 11.3 Å². The molecule has 0 fully saturated rings. The lowest BCUT2D eigenvalue weighted by Gasteiger charge is -2.22. The molecular formula is C16H15N3O. The lowest BCUT2D eigenvalue weighted by Crippen LogP contribution is -2.31. The normalized spacial score (nSPS) is 17.2. The molecule has 1 aliphatic rings. The fourth-order valence-electron chi connectivity index (χ4n) is 2.16.